The van der Waals surface area contributed by atoms with E-state index in [0.717, 1.165) is 16.0 Å². The van der Waals surface area contributed by atoms with Crippen LogP contribution in [0.15, 0.2) is 60.2 Å². The third-order valence-corrected chi connectivity index (χ3v) is 6.00. The summed E-state index contributed by atoms with van der Waals surface area (Å²) in [7, 11) is 0. The first-order valence-electron chi connectivity index (χ1n) is 11.8. The van der Waals surface area contributed by atoms with E-state index in [1.54, 1.807) is 49.4 Å². The molecular weight excluding hydrogens is 506 g/mol. The Bertz CT molecular complexity index is 1500. The third kappa shape index (κ3) is 5.53. The van der Waals surface area contributed by atoms with Gasteiger partial charge >= 0.3 is 6.03 Å². The Hall–Kier alpha value is -4.61. The molecule has 1 aliphatic heterocycles. The minimum atomic E-state index is -0.823. The number of nitrogens with zero attached hydrogens (tertiary/aromatic N) is 2. The number of urea groups is 1. The van der Waals surface area contributed by atoms with Crippen LogP contribution in [-0.2, 0) is 16.2 Å². The summed E-state index contributed by atoms with van der Waals surface area (Å²) in [5.74, 6) is -1.02. The van der Waals surface area contributed by atoms with Gasteiger partial charge in [-0.3, -0.25) is 14.9 Å². The summed E-state index contributed by atoms with van der Waals surface area (Å²) in [6, 6.07) is 16.8. The number of benzene rings is 3. The number of amides is 4. The largest absolute Gasteiger partial charge is 0.490 e. The maximum absolute atomic E-state index is 13.3. The van der Waals surface area contributed by atoms with E-state index < -0.39 is 17.8 Å². The Balaban J connectivity index is 1.68. The van der Waals surface area contributed by atoms with E-state index in [1.807, 2.05) is 19.9 Å². The van der Waals surface area contributed by atoms with Crippen LogP contribution in [0, 0.1) is 25.2 Å². The predicted octanol–water partition coefficient (Wildman–Crippen LogP) is 5.47. The molecule has 1 saturated heterocycles. The number of nitriles is 1. The number of aryl methyl sites for hydroxylation is 2. The predicted molar refractivity (Wildman–Crippen MR) is 143 cm³/mol. The number of carbonyl (C=O) groups excluding carboxylic acids is 3. The lowest BCUT2D eigenvalue weighted by Gasteiger charge is -2.27. The van der Waals surface area contributed by atoms with Crippen LogP contribution in [0.1, 0.15) is 34.7 Å². The molecular formula is C29H24ClN3O5. The number of nitrogens with one attached hydrogen (secondary N) is 1. The summed E-state index contributed by atoms with van der Waals surface area (Å²) < 4.78 is 11.6. The Morgan fingerprint density at radius 2 is 1.74 bits per heavy atom. The van der Waals surface area contributed by atoms with Gasteiger partial charge in [0, 0.05) is 5.56 Å². The van der Waals surface area contributed by atoms with Crippen LogP contribution in [0.25, 0.3) is 6.08 Å². The number of ether oxygens (including phenoxy) is 2. The van der Waals surface area contributed by atoms with Gasteiger partial charge in [-0.05, 0) is 73.9 Å². The second-order valence-corrected chi connectivity index (χ2v) is 9.03. The van der Waals surface area contributed by atoms with Crippen molar-refractivity contribution in [2.75, 3.05) is 11.5 Å². The van der Waals surface area contributed by atoms with E-state index in [1.165, 1.54) is 12.1 Å². The Morgan fingerprint density at radius 1 is 1.03 bits per heavy atom. The molecule has 0 aliphatic carbocycles. The molecule has 0 saturated carbocycles. The molecule has 0 atom stereocenters. The van der Waals surface area contributed by atoms with Crippen LogP contribution in [0.5, 0.6) is 11.5 Å². The van der Waals surface area contributed by atoms with E-state index in [4.69, 9.17) is 21.1 Å². The quantitative estimate of drug-likeness (QED) is 0.321. The summed E-state index contributed by atoms with van der Waals surface area (Å²) in [5.41, 5.74) is 3.41. The Kier molecular flexibility index (Phi) is 7.79. The molecule has 1 heterocycles. The van der Waals surface area contributed by atoms with Gasteiger partial charge in [0.15, 0.2) is 11.5 Å². The molecule has 3 aromatic carbocycles. The second kappa shape index (κ2) is 11.2. The van der Waals surface area contributed by atoms with E-state index in [2.05, 4.69) is 11.4 Å². The molecule has 0 unspecified atom stereocenters. The highest BCUT2D eigenvalue weighted by molar-refractivity contribution is 6.39. The van der Waals surface area contributed by atoms with E-state index in [9.17, 15) is 19.6 Å². The molecule has 8 nitrogen and oxygen atoms in total. The smallest absolute Gasteiger partial charge is 0.335 e. The number of barbiturate groups is 1. The SMILES string of the molecule is CCOc1cc(/C=C2\C(=O)NC(=O)N(c3cc(C)cc(C)c3)C2=O)cc(Cl)c1OCc1ccccc1C#N. The van der Waals surface area contributed by atoms with Crippen molar-refractivity contribution in [1.29, 1.82) is 5.26 Å². The zero-order valence-electron chi connectivity index (χ0n) is 21.0. The lowest BCUT2D eigenvalue weighted by atomic mass is 10.0. The monoisotopic (exact) mass is 529 g/mol. The molecule has 1 fully saturated rings. The van der Waals surface area contributed by atoms with E-state index >= 15 is 0 Å². The van der Waals surface area contributed by atoms with E-state index in [-0.39, 0.29) is 23.0 Å². The zero-order valence-corrected chi connectivity index (χ0v) is 21.8. The molecule has 0 spiro atoms. The standard InChI is InChI=1S/C29H24ClN3O5/c1-4-37-25-14-19(13-24(30)26(25)38-16-21-8-6-5-7-20(21)15-31)12-23-27(34)32-29(36)33(28(23)35)22-10-17(2)9-18(3)11-22/h5-14H,4,16H2,1-3H3,(H,32,34,36)/b23-12+. The van der Waals surface area contributed by atoms with Crippen LogP contribution < -0.4 is 19.7 Å². The number of hydrogen-bond donors (Lipinski definition) is 1. The molecule has 4 amide bonds. The minimum absolute atomic E-state index is 0.0812. The molecule has 0 aromatic heterocycles. The van der Waals surface area contributed by atoms with Gasteiger partial charge in [-0.2, -0.15) is 5.26 Å². The van der Waals surface area contributed by atoms with E-state index in [0.29, 0.717) is 34.7 Å². The number of hydrogen-bond acceptors (Lipinski definition) is 6. The van der Waals surface area contributed by atoms with Crippen molar-refractivity contribution in [3.8, 4) is 17.6 Å². The summed E-state index contributed by atoms with van der Waals surface area (Å²) in [6.07, 6.45) is 1.35. The van der Waals surface area contributed by atoms with Crippen LogP contribution in [0.4, 0.5) is 10.5 Å². The number of carbonyl (C=O) groups is 3. The lowest BCUT2D eigenvalue weighted by molar-refractivity contribution is -0.122. The van der Waals surface area contributed by atoms with Gasteiger partial charge < -0.3 is 9.47 Å². The molecule has 4 rings (SSSR count). The molecule has 9 heteroatoms. The summed E-state index contributed by atoms with van der Waals surface area (Å²) in [4.78, 5) is 39.5. The van der Waals surface area contributed by atoms with Crippen molar-refractivity contribution in [1.82, 2.24) is 5.32 Å². The van der Waals surface area contributed by atoms with Crippen molar-refractivity contribution >= 4 is 41.2 Å². The fraction of sp³-hybridized carbons (Fsp3) is 0.172. The van der Waals surface area contributed by atoms with Gasteiger partial charge in [0.05, 0.1) is 28.9 Å². The number of rotatable bonds is 7. The highest BCUT2D eigenvalue weighted by Gasteiger charge is 2.37. The average Bonchev–Trinajstić information content (AvgIpc) is 2.86. The molecule has 1 N–H and O–H groups in total. The lowest BCUT2D eigenvalue weighted by Crippen LogP contribution is -2.54. The fourth-order valence-electron chi connectivity index (χ4n) is 4.12. The fourth-order valence-corrected chi connectivity index (χ4v) is 4.39. The van der Waals surface area contributed by atoms with Crippen LogP contribution >= 0.6 is 11.6 Å². The summed E-state index contributed by atoms with van der Waals surface area (Å²) in [5, 5.41) is 11.7. The van der Waals surface area contributed by atoms with Gasteiger partial charge in [0.25, 0.3) is 11.8 Å². The normalized spacial score (nSPS) is 14.3. The molecule has 38 heavy (non-hydrogen) atoms. The van der Waals surface area contributed by atoms with Crippen LogP contribution in [0.3, 0.4) is 0 Å². The summed E-state index contributed by atoms with van der Waals surface area (Å²) >= 11 is 6.53. The third-order valence-electron chi connectivity index (χ3n) is 5.72. The minimum Gasteiger partial charge on any atom is -0.490 e. The molecule has 1 aliphatic rings. The Labute approximate surface area is 225 Å². The first kappa shape index (κ1) is 26.5. The summed E-state index contributed by atoms with van der Waals surface area (Å²) in [6.45, 7) is 5.88. The van der Waals surface area contributed by atoms with Gasteiger partial charge in [0.1, 0.15) is 12.2 Å². The molecule has 192 valence electrons. The zero-order chi connectivity index (χ0) is 27.4. The maximum Gasteiger partial charge on any atom is 0.335 e. The van der Waals surface area contributed by atoms with Crippen LogP contribution in [-0.4, -0.2) is 24.5 Å². The highest BCUT2D eigenvalue weighted by atomic mass is 35.5. The van der Waals surface area contributed by atoms with Gasteiger partial charge in [0.2, 0.25) is 0 Å². The van der Waals surface area contributed by atoms with Crippen molar-refractivity contribution in [3.63, 3.8) is 0 Å². The highest BCUT2D eigenvalue weighted by Crippen LogP contribution is 2.38. The van der Waals surface area contributed by atoms with Crippen molar-refractivity contribution in [2.24, 2.45) is 0 Å². The van der Waals surface area contributed by atoms with Crippen molar-refractivity contribution in [3.05, 3.63) is 93.0 Å². The topological polar surface area (TPSA) is 109 Å². The number of imide groups is 2. The first-order chi connectivity index (χ1) is 18.2. The maximum atomic E-state index is 13.3. The van der Waals surface area contributed by atoms with Gasteiger partial charge in [-0.1, -0.05) is 35.9 Å². The molecule has 0 bridgehead atoms. The second-order valence-electron chi connectivity index (χ2n) is 8.62. The van der Waals surface area contributed by atoms with Crippen LogP contribution in [0.2, 0.25) is 5.02 Å². The number of anilines is 1. The van der Waals surface area contributed by atoms with Crippen molar-refractivity contribution in [2.45, 2.75) is 27.4 Å². The number of halogens is 1. The average molecular weight is 530 g/mol. The Morgan fingerprint density at radius 3 is 2.42 bits per heavy atom. The van der Waals surface area contributed by atoms with Crippen molar-refractivity contribution < 1.29 is 23.9 Å². The molecule has 0 radical (unpaired) electrons. The van der Waals surface area contributed by atoms with Gasteiger partial charge in [-0.25, -0.2) is 9.69 Å². The molecule has 3 aromatic rings. The first-order valence-corrected chi connectivity index (χ1v) is 12.2. The van der Waals surface area contributed by atoms with Gasteiger partial charge in [-0.15, -0.1) is 0 Å².